The molecule has 2 aromatic heterocycles. The summed E-state index contributed by atoms with van der Waals surface area (Å²) in [7, 11) is 0. The zero-order valence-corrected chi connectivity index (χ0v) is 11.8. The van der Waals surface area contributed by atoms with Gasteiger partial charge in [-0.3, -0.25) is 0 Å². The van der Waals surface area contributed by atoms with Crippen LogP contribution in [0.2, 0.25) is 0 Å². The van der Waals surface area contributed by atoms with Gasteiger partial charge in [-0.05, 0) is 18.2 Å². The molecule has 0 aliphatic carbocycles. The van der Waals surface area contributed by atoms with Crippen molar-refractivity contribution in [3.05, 3.63) is 52.6 Å². The molecule has 98 valence electrons. The zero-order chi connectivity index (χ0) is 13.1. The van der Waals surface area contributed by atoms with Crippen molar-refractivity contribution >= 4 is 22.2 Å². The summed E-state index contributed by atoms with van der Waals surface area (Å²) in [6.45, 7) is 4.89. The summed E-state index contributed by atoms with van der Waals surface area (Å²) in [4.78, 5) is 4.37. The first-order valence-electron chi connectivity index (χ1n) is 6.53. The highest BCUT2D eigenvalue weighted by atomic mass is 32.1. The van der Waals surface area contributed by atoms with Gasteiger partial charge in [0.2, 0.25) is 0 Å². The van der Waals surface area contributed by atoms with Crippen molar-refractivity contribution in [1.82, 2.24) is 14.9 Å². The number of rotatable bonds is 5. The maximum atomic E-state index is 4.37. The largest absolute Gasteiger partial charge is 0.341 e. The molecule has 0 amide bonds. The molecule has 3 aromatic rings. The third-order valence-corrected chi connectivity index (χ3v) is 3.89. The first-order valence-corrected chi connectivity index (χ1v) is 7.47. The summed E-state index contributed by atoms with van der Waals surface area (Å²) in [6, 6.07) is 8.57. The van der Waals surface area contributed by atoms with Crippen molar-refractivity contribution in [1.29, 1.82) is 0 Å². The normalized spacial score (nSPS) is 11.2. The molecule has 0 radical (unpaired) electrons. The molecule has 0 unspecified atom stereocenters. The lowest BCUT2D eigenvalue weighted by molar-refractivity contribution is 0.723. The average Bonchev–Trinajstić information content (AvgIpc) is 3.06. The number of thiazole rings is 1. The van der Waals surface area contributed by atoms with Gasteiger partial charge in [0.25, 0.3) is 0 Å². The predicted molar refractivity (Wildman–Crippen MR) is 80.5 cm³/mol. The van der Waals surface area contributed by atoms with Gasteiger partial charge < -0.3 is 9.88 Å². The van der Waals surface area contributed by atoms with Gasteiger partial charge in [0.05, 0.1) is 17.7 Å². The second-order valence-corrected chi connectivity index (χ2v) is 5.28. The molecular weight excluding hydrogens is 254 g/mol. The highest BCUT2D eigenvalue weighted by Gasteiger charge is 2.08. The summed E-state index contributed by atoms with van der Waals surface area (Å²) in [5.74, 6) is 0. The lowest BCUT2D eigenvalue weighted by Crippen LogP contribution is -2.11. The number of benzene rings is 1. The third-order valence-electron chi connectivity index (χ3n) is 3.25. The molecule has 0 saturated carbocycles. The lowest BCUT2D eigenvalue weighted by atomic mass is 10.2. The Balaban J connectivity index is 1.99. The molecule has 19 heavy (non-hydrogen) atoms. The Labute approximate surface area is 116 Å². The van der Waals surface area contributed by atoms with Crippen LogP contribution in [0.25, 0.3) is 10.9 Å². The zero-order valence-electron chi connectivity index (χ0n) is 11.0. The van der Waals surface area contributed by atoms with Gasteiger partial charge in [0.1, 0.15) is 0 Å². The van der Waals surface area contributed by atoms with Gasteiger partial charge in [0, 0.05) is 29.0 Å². The number of para-hydroxylation sites is 1. The standard InChI is InChI=1S/C15H17N3S/c1-2-16-7-12-8-18(9-13-10-19-11-17-13)15-6-4-3-5-14(12)15/h3-6,8,10-11,16H,2,7,9H2,1H3. The van der Waals surface area contributed by atoms with Crippen LogP contribution in [-0.2, 0) is 13.1 Å². The van der Waals surface area contributed by atoms with E-state index in [-0.39, 0.29) is 0 Å². The minimum absolute atomic E-state index is 0.843. The van der Waals surface area contributed by atoms with Crippen LogP contribution in [0.15, 0.2) is 41.4 Å². The first kappa shape index (κ1) is 12.4. The van der Waals surface area contributed by atoms with E-state index in [1.54, 1.807) is 11.3 Å². The second-order valence-electron chi connectivity index (χ2n) is 4.56. The number of aromatic nitrogens is 2. The minimum atomic E-state index is 0.843. The molecule has 4 heteroatoms. The molecule has 0 aliphatic heterocycles. The predicted octanol–water partition coefficient (Wildman–Crippen LogP) is 3.26. The van der Waals surface area contributed by atoms with Gasteiger partial charge in [-0.2, -0.15) is 0 Å². The van der Waals surface area contributed by atoms with E-state index in [1.165, 1.54) is 16.5 Å². The van der Waals surface area contributed by atoms with Crippen molar-refractivity contribution in [2.45, 2.75) is 20.0 Å². The van der Waals surface area contributed by atoms with Gasteiger partial charge in [0.15, 0.2) is 0 Å². The van der Waals surface area contributed by atoms with Crippen LogP contribution in [0.1, 0.15) is 18.2 Å². The van der Waals surface area contributed by atoms with Crippen molar-refractivity contribution in [2.24, 2.45) is 0 Å². The first-order chi connectivity index (χ1) is 9.38. The van der Waals surface area contributed by atoms with Crippen LogP contribution in [0.5, 0.6) is 0 Å². The second kappa shape index (κ2) is 5.55. The monoisotopic (exact) mass is 271 g/mol. The van der Waals surface area contributed by atoms with Gasteiger partial charge >= 0.3 is 0 Å². The van der Waals surface area contributed by atoms with E-state index in [1.807, 2.05) is 5.51 Å². The van der Waals surface area contributed by atoms with Crippen molar-refractivity contribution in [2.75, 3.05) is 6.54 Å². The maximum Gasteiger partial charge on any atom is 0.0795 e. The fourth-order valence-electron chi connectivity index (χ4n) is 2.34. The van der Waals surface area contributed by atoms with E-state index in [0.717, 1.165) is 25.3 Å². The minimum Gasteiger partial charge on any atom is -0.341 e. The summed E-state index contributed by atoms with van der Waals surface area (Å²) < 4.78 is 2.29. The van der Waals surface area contributed by atoms with E-state index >= 15 is 0 Å². The maximum absolute atomic E-state index is 4.37. The smallest absolute Gasteiger partial charge is 0.0795 e. The topological polar surface area (TPSA) is 29.9 Å². The lowest BCUT2D eigenvalue weighted by Gasteiger charge is -2.01. The molecule has 0 bridgehead atoms. The highest BCUT2D eigenvalue weighted by molar-refractivity contribution is 7.07. The average molecular weight is 271 g/mol. The fourth-order valence-corrected chi connectivity index (χ4v) is 2.89. The number of hydrogen-bond acceptors (Lipinski definition) is 3. The van der Waals surface area contributed by atoms with Crippen LogP contribution in [0.3, 0.4) is 0 Å². The molecule has 3 rings (SSSR count). The van der Waals surface area contributed by atoms with Crippen LogP contribution < -0.4 is 5.32 Å². The van der Waals surface area contributed by atoms with Crippen LogP contribution in [0, 0.1) is 0 Å². The molecule has 0 atom stereocenters. The Kier molecular flexibility index (Phi) is 3.62. The van der Waals surface area contributed by atoms with Crippen LogP contribution >= 0.6 is 11.3 Å². The van der Waals surface area contributed by atoms with Gasteiger partial charge in [-0.25, -0.2) is 4.98 Å². The number of fused-ring (bicyclic) bond motifs is 1. The molecule has 0 spiro atoms. The van der Waals surface area contributed by atoms with E-state index in [9.17, 15) is 0 Å². The van der Waals surface area contributed by atoms with E-state index < -0.39 is 0 Å². The van der Waals surface area contributed by atoms with E-state index in [0.29, 0.717) is 0 Å². The highest BCUT2D eigenvalue weighted by Crippen LogP contribution is 2.22. The Morgan fingerprint density at radius 3 is 3.00 bits per heavy atom. The van der Waals surface area contributed by atoms with Crippen molar-refractivity contribution in [3.63, 3.8) is 0 Å². The van der Waals surface area contributed by atoms with Crippen molar-refractivity contribution in [3.8, 4) is 0 Å². The molecule has 0 fully saturated rings. The van der Waals surface area contributed by atoms with Crippen LogP contribution in [-0.4, -0.2) is 16.1 Å². The third kappa shape index (κ3) is 2.55. The Bertz CT molecular complexity index is 655. The van der Waals surface area contributed by atoms with E-state index in [4.69, 9.17) is 0 Å². The summed E-state index contributed by atoms with van der Waals surface area (Å²) in [5, 5.41) is 6.84. The molecule has 3 nitrogen and oxygen atoms in total. The van der Waals surface area contributed by atoms with E-state index in [2.05, 4.69) is 57.6 Å². The fraction of sp³-hybridized carbons (Fsp3) is 0.267. The Morgan fingerprint density at radius 2 is 2.21 bits per heavy atom. The molecule has 1 aromatic carbocycles. The summed E-state index contributed by atoms with van der Waals surface area (Å²) >= 11 is 1.65. The Hall–Kier alpha value is -1.65. The SMILES string of the molecule is CCNCc1cn(Cc2cscn2)c2ccccc12. The molecular formula is C15H17N3S. The molecule has 0 aliphatic rings. The molecule has 1 N–H and O–H groups in total. The van der Waals surface area contributed by atoms with Gasteiger partial charge in [-0.15, -0.1) is 11.3 Å². The van der Waals surface area contributed by atoms with Crippen molar-refractivity contribution < 1.29 is 0 Å². The summed E-state index contributed by atoms with van der Waals surface area (Å²) in [5.41, 5.74) is 5.65. The Morgan fingerprint density at radius 1 is 1.32 bits per heavy atom. The quantitative estimate of drug-likeness (QED) is 0.772. The number of hydrogen-bond donors (Lipinski definition) is 1. The number of nitrogens with zero attached hydrogens (tertiary/aromatic N) is 2. The molecule has 2 heterocycles. The summed E-state index contributed by atoms with van der Waals surface area (Å²) in [6.07, 6.45) is 2.24. The number of nitrogens with one attached hydrogen (secondary N) is 1. The van der Waals surface area contributed by atoms with Gasteiger partial charge in [-0.1, -0.05) is 25.1 Å². The van der Waals surface area contributed by atoms with Crippen LogP contribution in [0.4, 0.5) is 0 Å². The molecule has 0 saturated heterocycles.